The van der Waals surface area contributed by atoms with E-state index in [0.29, 0.717) is 13.0 Å². The second-order valence-electron chi connectivity index (χ2n) is 6.65. The van der Waals surface area contributed by atoms with Crippen LogP contribution in [0.5, 0.6) is 0 Å². The molecule has 1 aromatic rings. The van der Waals surface area contributed by atoms with Crippen molar-refractivity contribution in [3.8, 4) is 0 Å². The highest BCUT2D eigenvalue weighted by molar-refractivity contribution is 5.69. The predicted molar refractivity (Wildman–Crippen MR) is 109 cm³/mol. The molecule has 0 radical (unpaired) electrons. The van der Waals surface area contributed by atoms with Crippen molar-refractivity contribution in [2.75, 3.05) is 0 Å². The summed E-state index contributed by atoms with van der Waals surface area (Å²) < 4.78 is 5.25. The largest absolute Gasteiger partial charge is 0.461 e. The van der Waals surface area contributed by atoms with Gasteiger partial charge >= 0.3 is 5.97 Å². The van der Waals surface area contributed by atoms with E-state index in [1.165, 1.54) is 38.5 Å². The number of allylic oxidation sites excluding steroid dienone is 4. The quantitative estimate of drug-likeness (QED) is 0.203. The van der Waals surface area contributed by atoms with E-state index >= 15 is 0 Å². The Hall–Kier alpha value is -1.90. The van der Waals surface area contributed by atoms with E-state index in [2.05, 4.69) is 36.2 Å². The Kier molecular flexibility index (Phi) is 14.1. The van der Waals surface area contributed by atoms with E-state index in [9.17, 15) is 4.79 Å². The zero-order chi connectivity index (χ0) is 18.7. The van der Waals surface area contributed by atoms with Crippen molar-refractivity contribution in [3.63, 3.8) is 0 Å². The molecule has 0 saturated carbocycles. The lowest BCUT2D eigenvalue weighted by Crippen LogP contribution is -2.04. The predicted octanol–water partition coefficient (Wildman–Crippen LogP) is 6.55. The van der Waals surface area contributed by atoms with Crippen molar-refractivity contribution in [2.24, 2.45) is 0 Å². The first-order valence-corrected chi connectivity index (χ1v) is 10.2. The van der Waals surface area contributed by atoms with E-state index in [-0.39, 0.29) is 5.97 Å². The zero-order valence-electron chi connectivity index (χ0n) is 16.4. The third-order valence-corrected chi connectivity index (χ3v) is 4.20. The van der Waals surface area contributed by atoms with Crippen molar-refractivity contribution in [1.29, 1.82) is 0 Å². The third kappa shape index (κ3) is 13.4. The van der Waals surface area contributed by atoms with Crippen LogP contribution in [0.4, 0.5) is 0 Å². The Bertz CT molecular complexity index is 508. The number of carbonyl (C=O) groups is 1. The lowest BCUT2D eigenvalue weighted by atomic mass is 10.1. The lowest BCUT2D eigenvalue weighted by Gasteiger charge is -2.04. The molecule has 0 amide bonds. The summed E-state index contributed by atoms with van der Waals surface area (Å²) in [5.74, 6) is -0.108. The Morgan fingerprint density at radius 3 is 2.46 bits per heavy atom. The van der Waals surface area contributed by atoms with Crippen LogP contribution in [0, 0.1) is 0 Å². The second-order valence-corrected chi connectivity index (χ2v) is 6.65. The summed E-state index contributed by atoms with van der Waals surface area (Å²) in [4.78, 5) is 15.7. The molecule has 0 saturated heterocycles. The topological polar surface area (TPSA) is 39.2 Å². The SMILES string of the molecule is CCCC/C=C\C/C=C\CCCCCCCC(=O)OCc1cccnc1. The molecular formula is C23H35NO2. The molecule has 0 N–H and O–H groups in total. The first-order chi connectivity index (χ1) is 12.8. The zero-order valence-corrected chi connectivity index (χ0v) is 16.4. The summed E-state index contributed by atoms with van der Waals surface area (Å²) in [5.41, 5.74) is 0.936. The molecule has 144 valence electrons. The smallest absolute Gasteiger partial charge is 0.306 e. The lowest BCUT2D eigenvalue weighted by molar-refractivity contribution is -0.145. The van der Waals surface area contributed by atoms with Crippen molar-refractivity contribution < 1.29 is 9.53 Å². The van der Waals surface area contributed by atoms with Gasteiger partial charge in [-0.05, 0) is 38.2 Å². The monoisotopic (exact) mass is 357 g/mol. The number of pyridine rings is 1. The Morgan fingerprint density at radius 1 is 1.00 bits per heavy atom. The number of nitrogens with zero attached hydrogens (tertiary/aromatic N) is 1. The van der Waals surface area contributed by atoms with Gasteiger partial charge in [-0.2, -0.15) is 0 Å². The molecule has 0 spiro atoms. The molecular weight excluding hydrogens is 322 g/mol. The Morgan fingerprint density at radius 2 is 1.73 bits per heavy atom. The minimum atomic E-state index is -0.108. The van der Waals surface area contributed by atoms with Crippen LogP contribution in [0.25, 0.3) is 0 Å². The standard InChI is InChI=1S/C23H35NO2/c1-2-3-4-5-6-7-8-9-10-11-12-13-14-15-18-23(25)26-21-22-17-16-19-24-20-22/h5-6,8-9,16-17,19-20H,2-4,7,10-15,18,21H2,1H3/b6-5-,9-8-. The fourth-order valence-corrected chi connectivity index (χ4v) is 2.61. The average molecular weight is 358 g/mol. The molecule has 1 heterocycles. The molecule has 0 aliphatic carbocycles. The van der Waals surface area contributed by atoms with Crippen LogP contribution in [-0.2, 0) is 16.1 Å². The highest BCUT2D eigenvalue weighted by Gasteiger charge is 2.03. The molecule has 1 aromatic heterocycles. The summed E-state index contributed by atoms with van der Waals surface area (Å²) in [7, 11) is 0. The number of carbonyl (C=O) groups excluding carboxylic acids is 1. The van der Waals surface area contributed by atoms with E-state index in [4.69, 9.17) is 4.74 Å². The third-order valence-electron chi connectivity index (χ3n) is 4.20. The average Bonchev–Trinajstić information content (AvgIpc) is 2.67. The van der Waals surface area contributed by atoms with Gasteiger partial charge in [-0.25, -0.2) is 0 Å². The summed E-state index contributed by atoms with van der Waals surface area (Å²) >= 11 is 0. The highest BCUT2D eigenvalue weighted by Crippen LogP contribution is 2.09. The fourth-order valence-electron chi connectivity index (χ4n) is 2.61. The van der Waals surface area contributed by atoms with Gasteiger partial charge in [0, 0.05) is 24.4 Å². The minimum absolute atomic E-state index is 0.108. The second kappa shape index (κ2) is 16.6. The molecule has 3 heteroatoms. The van der Waals surface area contributed by atoms with Gasteiger partial charge in [0.2, 0.25) is 0 Å². The molecule has 1 rings (SSSR count). The summed E-state index contributed by atoms with van der Waals surface area (Å²) in [5, 5.41) is 0. The van der Waals surface area contributed by atoms with Gasteiger partial charge in [0.15, 0.2) is 0 Å². The van der Waals surface area contributed by atoms with Crippen LogP contribution in [-0.4, -0.2) is 11.0 Å². The van der Waals surface area contributed by atoms with E-state index < -0.39 is 0 Å². The molecule has 0 atom stereocenters. The minimum Gasteiger partial charge on any atom is -0.461 e. The van der Waals surface area contributed by atoms with Gasteiger partial charge in [-0.15, -0.1) is 0 Å². The fraction of sp³-hybridized carbons (Fsp3) is 0.565. The molecule has 3 nitrogen and oxygen atoms in total. The maximum Gasteiger partial charge on any atom is 0.306 e. The van der Waals surface area contributed by atoms with Crippen molar-refractivity contribution in [1.82, 2.24) is 4.98 Å². The van der Waals surface area contributed by atoms with Gasteiger partial charge in [0.25, 0.3) is 0 Å². The maximum atomic E-state index is 11.7. The first kappa shape index (κ1) is 22.1. The Balaban J connectivity index is 1.87. The number of hydrogen-bond donors (Lipinski definition) is 0. The molecule has 0 unspecified atom stereocenters. The van der Waals surface area contributed by atoms with E-state index in [1.807, 2.05) is 12.1 Å². The van der Waals surface area contributed by atoms with Gasteiger partial charge in [-0.3, -0.25) is 9.78 Å². The maximum absolute atomic E-state index is 11.7. The van der Waals surface area contributed by atoms with Gasteiger partial charge in [0.05, 0.1) is 0 Å². The van der Waals surface area contributed by atoms with Crippen LogP contribution in [0.1, 0.15) is 83.1 Å². The molecule has 0 aliphatic heterocycles. The summed E-state index contributed by atoms with van der Waals surface area (Å²) in [6.45, 7) is 2.55. The number of unbranched alkanes of at least 4 members (excludes halogenated alkanes) is 7. The van der Waals surface area contributed by atoms with Crippen molar-refractivity contribution in [3.05, 3.63) is 54.4 Å². The van der Waals surface area contributed by atoms with Crippen molar-refractivity contribution >= 4 is 5.97 Å². The number of hydrogen-bond acceptors (Lipinski definition) is 3. The summed E-state index contributed by atoms with van der Waals surface area (Å²) in [6.07, 6.45) is 24.8. The van der Waals surface area contributed by atoms with Crippen LogP contribution >= 0.6 is 0 Å². The number of rotatable bonds is 15. The Labute approximate surface area is 159 Å². The van der Waals surface area contributed by atoms with Crippen LogP contribution in [0.15, 0.2) is 48.8 Å². The molecule has 26 heavy (non-hydrogen) atoms. The van der Waals surface area contributed by atoms with Gasteiger partial charge in [-0.1, -0.05) is 69.4 Å². The highest BCUT2D eigenvalue weighted by atomic mass is 16.5. The van der Waals surface area contributed by atoms with Gasteiger partial charge < -0.3 is 4.74 Å². The van der Waals surface area contributed by atoms with E-state index in [1.54, 1.807) is 12.4 Å². The number of aromatic nitrogens is 1. The van der Waals surface area contributed by atoms with Crippen LogP contribution in [0.2, 0.25) is 0 Å². The number of esters is 1. The molecule has 0 fully saturated rings. The molecule has 0 aromatic carbocycles. The van der Waals surface area contributed by atoms with Crippen molar-refractivity contribution in [2.45, 2.75) is 84.2 Å². The molecule has 0 bridgehead atoms. The molecule has 0 aliphatic rings. The van der Waals surface area contributed by atoms with E-state index in [0.717, 1.165) is 31.2 Å². The number of ether oxygens (including phenoxy) is 1. The van der Waals surface area contributed by atoms with Gasteiger partial charge in [0.1, 0.15) is 6.61 Å². The first-order valence-electron chi connectivity index (χ1n) is 10.2. The summed E-state index contributed by atoms with van der Waals surface area (Å²) in [6, 6.07) is 3.76. The normalized spacial score (nSPS) is 11.4. The van der Waals surface area contributed by atoms with Crippen LogP contribution < -0.4 is 0 Å². The van der Waals surface area contributed by atoms with Crippen LogP contribution in [0.3, 0.4) is 0 Å².